The molecule has 1 fully saturated rings. The molecule has 0 amide bonds. The van der Waals surface area contributed by atoms with Crippen LogP contribution in [0.25, 0.3) is 0 Å². The van der Waals surface area contributed by atoms with Crippen LogP contribution >= 0.6 is 11.8 Å². The lowest BCUT2D eigenvalue weighted by Crippen LogP contribution is -2.43. The molecule has 0 aromatic heterocycles. The summed E-state index contributed by atoms with van der Waals surface area (Å²) < 4.78 is 22.2. The highest BCUT2D eigenvalue weighted by molar-refractivity contribution is 7.99. The lowest BCUT2D eigenvalue weighted by atomic mass is 10.2. The Bertz CT molecular complexity index is 290. The van der Waals surface area contributed by atoms with Crippen molar-refractivity contribution < 1.29 is 8.42 Å². The predicted octanol–water partition coefficient (Wildman–Crippen LogP) is 1.29. The van der Waals surface area contributed by atoms with Crippen molar-refractivity contribution >= 4 is 21.6 Å². The quantitative estimate of drug-likeness (QED) is 0.800. The van der Waals surface area contributed by atoms with Gasteiger partial charge in [0.1, 0.15) is 9.84 Å². The van der Waals surface area contributed by atoms with Gasteiger partial charge < -0.3 is 5.32 Å². The molecule has 90 valence electrons. The molecule has 0 bridgehead atoms. The summed E-state index contributed by atoms with van der Waals surface area (Å²) in [6, 6.07) is 0.564. The van der Waals surface area contributed by atoms with Crippen LogP contribution in [0.1, 0.15) is 26.2 Å². The summed E-state index contributed by atoms with van der Waals surface area (Å²) >= 11 is 1.89. The molecule has 1 aliphatic carbocycles. The zero-order chi connectivity index (χ0) is 11.5. The fraction of sp³-hybridized carbons (Fsp3) is 1.00. The highest BCUT2D eigenvalue weighted by Gasteiger charge is 2.27. The van der Waals surface area contributed by atoms with Crippen LogP contribution in [0.2, 0.25) is 0 Å². The molecule has 0 aromatic rings. The third-order valence-electron chi connectivity index (χ3n) is 2.81. The largest absolute Gasteiger partial charge is 0.309 e. The maximum atomic E-state index is 11.1. The van der Waals surface area contributed by atoms with Gasteiger partial charge in [0.2, 0.25) is 0 Å². The van der Waals surface area contributed by atoms with E-state index in [1.54, 1.807) is 0 Å². The van der Waals surface area contributed by atoms with Gasteiger partial charge in [-0.1, -0.05) is 6.42 Å². The average molecular weight is 251 g/mol. The Morgan fingerprint density at radius 2 is 2.13 bits per heavy atom. The zero-order valence-corrected chi connectivity index (χ0v) is 11.3. The first-order valence-electron chi connectivity index (χ1n) is 5.39. The monoisotopic (exact) mass is 251 g/mol. The van der Waals surface area contributed by atoms with Gasteiger partial charge in [-0.25, -0.2) is 8.42 Å². The van der Waals surface area contributed by atoms with Gasteiger partial charge in [0, 0.05) is 23.6 Å². The molecule has 0 saturated heterocycles. The second-order valence-corrected chi connectivity index (χ2v) is 7.73. The van der Waals surface area contributed by atoms with Gasteiger partial charge in [0.05, 0.1) is 5.75 Å². The van der Waals surface area contributed by atoms with Crippen LogP contribution < -0.4 is 5.32 Å². The van der Waals surface area contributed by atoms with Crippen molar-refractivity contribution in [2.75, 3.05) is 18.3 Å². The minimum atomic E-state index is -2.86. The van der Waals surface area contributed by atoms with Crippen molar-refractivity contribution in [3.8, 4) is 0 Å². The lowest BCUT2D eigenvalue weighted by molar-refractivity contribution is 0.475. The molecule has 3 unspecified atom stereocenters. The fourth-order valence-electron chi connectivity index (χ4n) is 2.27. The molecule has 1 saturated carbocycles. The van der Waals surface area contributed by atoms with E-state index < -0.39 is 9.84 Å². The normalized spacial score (nSPS) is 29.3. The lowest BCUT2D eigenvalue weighted by Gasteiger charge is -2.23. The number of rotatable bonds is 5. The van der Waals surface area contributed by atoms with Crippen LogP contribution in [0.3, 0.4) is 0 Å². The number of hydrogen-bond acceptors (Lipinski definition) is 4. The van der Waals surface area contributed by atoms with Crippen molar-refractivity contribution in [1.29, 1.82) is 0 Å². The number of hydrogen-bond donors (Lipinski definition) is 1. The first kappa shape index (κ1) is 13.3. The first-order chi connectivity index (χ1) is 6.92. The number of thioether (sulfide) groups is 1. The van der Waals surface area contributed by atoms with E-state index in [2.05, 4.69) is 11.6 Å². The van der Waals surface area contributed by atoms with Crippen LogP contribution in [-0.2, 0) is 9.84 Å². The molecule has 0 aliphatic heterocycles. The number of sulfone groups is 1. The average Bonchev–Trinajstić information content (AvgIpc) is 2.48. The molecule has 3 atom stereocenters. The van der Waals surface area contributed by atoms with Crippen LogP contribution in [0.4, 0.5) is 0 Å². The molecule has 0 aromatic carbocycles. The summed E-state index contributed by atoms with van der Waals surface area (Å²) in [5.74, 6) is 0.241. The molecule has 0 spiro atoms. The van der Waals surface area contributed by atoms with E-state index in [1.807, 2.05) is 18.7 Å². The van der Waals surface area contributed by atoms with E-state index in [1.165, 1.54) is 25.5 Å². The van der Waals surface area contributed by atoms with E-state index in [4.69, 9.17) is 0 Å². The van der Waals surface area contributed by atoms with E-state index in [-0.39, 0.29) is 11.8 Å². The van der Waals surface area contributed by atoms with Crippen LogP contribution in [-0.4, -0.2) is 44.0 Å². The van der Waals surface area contributed by atoms with Crippen molar-refractivity contribution in [2.45, 2.75) is 43.5 Å². The molecule has 5 heteroatoms. The third-order valence-corrected chi connectivity index (χ3v) is 5.08. The second kappa shape index (κ2) is 5.55. The number of nitrogens with one attached hydrogen (secondary N) is 1. The summed E-state index contributed by atoms with van der Waals surface area (Å²) in [5.41, 5.74) is 0. The van der Waals surface area contributed by atoms with E-state index in [0.717, 1.165) is 0 Å². The topological polar surface area (TPSA) is 46.2 Å². The van der Waals surface area contributed by atoms with Crippen LogP contribution in [0, 0.1) is 0 Å². The first-order valence-corrected chi connectivity index (χ1v) is 8.74. The Balaban J connectivity index is 2.40. The predicted molar refractivity (Wildman–Crippen MR) is 67.3 cm³/mol. The minimum Gasteiger partial charge on any atom is -0.309 e. The summed E-state index contributed by atoms with van der Waals surface area (Å²) in [7, 11) is -2.86. The third kappa shape index (κ3) is 4.74. The Morgan fingerprint density at radius 3 is 2.67 bits per heavy atom. The summed E-state index contributed by atoms with van der Waals surface area (Å²) in [6.45, 7) is 1.96. The molecule has 0 radical (unpaired) electrons. The van der Waals surface area contributed by atoms with Gasteiger partial charge in [-0.15, -0.1) is 0 Å². The maximum absolute atomic E-state index is 11.1. The zero-order valence-electron chi connectivity index (χ0n) is 9.69. The fourth-order valence-corrected chi connectivity index (χ4v) is 4.22. The van der Waals surface area contributed by atoms with Gasteiger partial charge in [-0.3, -0.25) is 0 Å². The summed E-state index contributed by atoms with van der Waals surface area (Å²) in [4.78, 5) is 0. The van der Waals surface area contributed by atoms with Gasteiger partial charge in [-0.05, 0) is 26.0 Å². The standard InChI is InChI=1S/C10H21NO2S2/c1-8(7-15(3,12)13)11-9-5-4-6-10(9)14-2/h8-11H,4-7H2,1-3H3. The molecular weight excluding hydrogens is 230 g/mol. The maximum Gasteiger partial charge on any atom is 0.148 e. The van der Waals surface area contributed by atoms with Crippen molar-refractivity contribution in [3.05, 3.63) is 0 Å². The van der Waals surface area contributed by atoms with Crippen LogP contribution in [0.15, 0.2) is 0 Å². The Hall–Kier alpha value is 0.260. The van der Waals surface area contributed by atoms with Crippen molar-refractivity contribution in [3.63, 3.8) is 0 Å². The van der Waals surface area contributed by atoms with Crippen molar-refractivity contribution in [2.24, 2.45) is 0 Å². The smallest absolute Gasteiger partial charge is 0.148 e. The van der Waals surface area contributed by atoms with Crippen LogP contribution in [0.5, 0.6) is 0 Å². The van der Waals surface area contributed by atoms with E-state index in [0.29, 0.717) is 11.3 Å². The molecule has 3 nitrogen and oxygen atoms in total. The van der Waals surface area contributed by atoms with E-state index >= 15 is 0 Å². The second-order valence-electron chi connectivity index (χ2n) is 4.47. The summed E-state index contributed by atoms with van der Waals surface area (Å²) in [5, 5.41) is 4.10. The molecule has 15 heavy (non-hydrogen) atoms. The van der Waals surface area contributed by atoms with Gasteiger partial charge >= 0.3 is 0 Å². The minimum absolute atomic E-state index is 0.0674. The highest BCUT2D eigenvalue weighted by atomic mass is 32.2. The Kier molecular flexibility index (Phi) is 4.93. The molecule has 1 rings (SSSR count). The SMILES string of the molecule is CSC1CCCC1NC(C)CS(C)(=O)=O. The van der Waals surface area contributed by atoms with Gasteiger partial charge in [0.25, 0.3) is 0 Å². The molecule has 0 heterocycles. The molecule has 1 N–H and O–H groups in total. The van der Waals surface area contributed by atoms with E-state index in [9.17, 15) is 8.42 Å². The summed E-state index contributed by atoms with van der Waals surface area (Å²) in [6.07, 6.45) is 7.12. The molecular formula is C10H21NO2S2. The van der Waals surface area contributed by atoms with Gasteiger partial charge in [-0.2, -0.15) is 11.8 Å². The van der Waals surface area contributed by atoms with Crippen molar-refractivity contribution in [1.82, 2.24) is 5.32 Å². The Morgan fingerprint density at radius 1 is 1.47 bits per heavy atom. The Labute approximate surface area is 97.3 Å². The van der Waals surface area contributed by atoms with Gasteiger partial charge in [0.15, 0.2) is 0 Å². The molecule has 1 aliphatic rings. The highest BCUT2D eigenvalue weighted by Crippen LogP contribution is 2.28.